The molecule has 0 radical (unpaired) electrons. The lowest BCUT2D eigenvalue weighted by Crippen LogP contribution is -2.38. The Hall–Kier alpha value is -0.950. The summed E-state index contributed by atoms with van der Waals surface area (Å²) in [6, 6.07) is 8.55. The third-order valence-electron chi connectivity index (χ3n) is 4.03. The number of carbonyl (C=O) groups is 1. The van der Waals surface area contributed by atoms with Crippen LogP contribution in [0.3, 0.4) is 0 Å². The molecule has 2 N–H and O–H groups in total. The summed E-state index contributed by atoms with van der Waals surface area (Å²) < 4.78 is 6.53. The molecule has 24 heavy (non-hydrogen) atoms. The molecule has 0 aliphatic carbocycles. The molecule has 1 fully saturated rings. The Bertz CT molecular complexity index is 672. The molecule has 132 valence electrons. The van der Waals surface area contributed by atoms with Crippen LogP contribution in [-0.2, 0) is 0 Å². The number of hydrogen-bond donors (Lipinski definition) is 2. The molecule has 0 bridgehead atoms. The van der Waals surface area contributed by atoms with Crippen molar-refractivity contribution in [3.8, 4) is 5.75 Å². The maximum Gasteiger partial charge on any atom is 0.265 e. The predicted octanol–water partition coefficient (Wildman–Crippen LogP) is 3.55. The summed E-state index contributed by atoms with van der Waals surface area (Å²) in [6.07, 6.45) is 2.45. The Morgan fingerprint density at radius 2 is 2.00 bits per heavy atom. The lowest BCUT2D eigenvalue weighted by molar-refractivity contribution is 0.0955. The minimum atomic E-state index is -0.0518. The third-order valence-corrected chi connectivity index (χ3v) is 6.22. The van der Waals surface area contributed by atoms with Gasteiger partial charge in [-0.05, 0) is 36.5 Å². The van der Waals surface area contributed by atoms with Crippen LogP contribution in [0.15, 0.2) is 24.3 Å². The van der Waals surface area contributed by atoms with Gasteiger partial charge in [-0.3, -0.25) is 4.79 Å². The Kier molecular flexibility index (Phi) is 7.68. The number of hydrogen-bond acceptors (Lipinski definition) is 5. The largest absolute Gasteiger partial charge is 0.494 e. The zero-order valence-electron chi connectivity index (χ0n) is 13.7. The Balaban J connectivity index is 0.00000208. The van der Waals surface area contributed by atoms with E-state index in [2.05, 4.69) is 10.6 Å². The van der Waals surface area contributed by atoms with Gasteiger partial charge in [0.05, 0.1) is 7.11 Å². The summed E-state index contributed by atoms with van der Waals surface area (Å²) in [7, 11) is 1.62. The smallest absolute Gasteiger partial charge is 0.265 e. The molecule has 0 spiro atoms. The number of methoxy groups -OCH3 is 1. The van der Waals surface area contributed by atoms with Gasteiger partial charge in [-0.1, -0.05) is 12.1 Å². The lowest BCUT2D eigenvalue weighted by Gasteiger charge is -2.22. The first kappa shape index (κ1) is 19.4. The topological polar surface area (TPSA) is 50.4 Å². The fourth-order valence-electron chi connectivity index (χ4n) is 2.81. The fourth-order valence-corrected chi connectivity index (χ4v) is 5.00. The zero-order valence-corrected chi connectivity index (χ0v) is 16.1. The number of benzene rings is 1. The molecular formula is C17H23ClN2O2S2. The number of thiophene rings is 1. The van der Waals surface area contributed by atoms with Crippen LogP contribution in [0.5, 0.6) is 5.75 Å². The van der Waals surface area contributed by atoms with Crippen molar-refractivity contribution >= 4 is 51.5 Å². The molecule has 1 aromatic carbocycles. The molecule has 2 heterocycles. The lowest BCUT2D eigenvalue weighted by atomic mass is 10.1. The minimum absolute atomic E-state index is 0. The Labute approximate surface area is 157 Å². The first-order valence-corrected chi connectivity index (χ1v) is 9.91. The second-order valence-corrected chi connectivity index (χ2v) is 7.83. The first-order chi connectivity index (χ1) is 11.3. The number of amides is 1. The first-order valence-electron chi connectivity index (χ1n) is 7.94. The quantitative estimate of drug-likeness (QED) is 0.745. The van der Waals surface area contributed by atoms with E-state index in [0.29, 0.717) is 23.2 Å². The number of fused-ring (bicyclic) bond motifs is 1. The maximum absolute atomic E-state index is 12.4. The molecule has 1 aliphatic rings. The van der Waals surface area contributed by atoms with Gasteiger partial charge in [-0.15, -0.1) is 23.7 Å². The summed E-state index contributed by atoms with van der Waals surface area (Å²) >= 11 is 3.51. The number of ether oxygens (including phenoxy) is 1. The summed E-state index contributed by atoms with van der Waals surface area (Å²) in [4.78, 5) is 13.1. The van der Waals surface area contributed by atoms with Gasteiger partial charge in [0.15, 0.2) is 0 Å². The average molecular weight is 387 g/mol. The second-order valence-electron chi connectivity index (χ2n) is 5.56. The normalized spacial score (nSPS) is 15.0. The molecule has 0 saturated carbocycles. The van der Waals surface area contributed by atoms with Gasteiger partial charge in [0.2, 0.25) is 0 Å². The van der Waals surface area contributed by atoms with Crippen molar-refractivity contribution in [2.45, 2.75) is 18.9 Å². The van der Waals surface area contributed by atoms with E-state index in [1.807, 2.05) is 36.0 Å². The van der Waals surface area contributed by atoms with Gasteiger partial charge in [0.25, 0.3) is 5.91 Å². The molecule has 1 saturated heterocycles. The van der Waals surface area contributed by atoms with E-state index in [0.717, 1.165) is 16.6 Å². The molecule has 1 aliphatic heterocycles. The Morgan fingerprint density at radius 3 is 2.75 bits per heavy atom. The van der Waals surface area contributed by atoms with E-state index in [9.17, 15) is 4.79 Å². The van der Waals surface area contributed by atoms with Crippen molar-refractivity contribution in [2.75, 3.05) is 31.7 Å². The van der Waals surface area contributed by atoms with E-state index < -0.39 is 0 Å². The fraction of sp³-hybridized carbons (Fsp3) is 0.471. The summed E-state index contributed by atoms with van der Waals surface area (Å²) in [6.45, 7) is 1.45. The van der Waals surface area contributed by atoms with Crippen LogP contribution >= 0.6 is 35.5 Å². The van der Waals surface area contributed by atoms with Crippen LogP contribution in [0, 0.1) is 0 Å². The number of carbonyl (C=O) groups excluding carboxylic acids is 1. The van der Waals surface area contributed by atoms with Crippen LogP contribution in [0.25, 0.3) is 10.1 Å². The number of halogens is 1. The average Bonchev–Trinajstić information content (AvgIpc) is 2.98. The van der Waals surface area contributed by atoms with Crippen LogP contribution in [-0.4, -0.2) is 43.7 Å². The van der Waals surface area contributed by atoms with Gasteiger partial charge in [0.1, 0.15) is 10.6 Å². The summed E-state index contributed by atoms with van der Waals surface area (Å²) in [5, 5.41) is 7.53. The molecule has 4 nitrogen and oxygen atoms in total. The highest BCUT2D eigenvalue weighted by Gasteiger charge is 2.19. The summed E-state index contributed by atoms with van der Waals surface area (Å²) in [5.74, 6) is 3.11. The van der Waals surface area contributed by atoms with Gasteiger partial charge >= 0.3 is 0 Å². The van der Waals surface area contributed by atoms with Crippen molar-refractivity contribution in [2.24, 2.45) is 0 Å². The Morgan fingerprint density at radius 1 is 1.25 bits per heavy atom. The molecule has 1 aromatic heterocycles. The molecule has 0 unspecified atom stereocenters. The van der Waals surface area contributed by atoms with Crippen LogP contribution in [0.4, 0.5) is 0 Å². The predicted molar refractivity (Wildman–Crippen MR) is 106 cm³/mol. The van der Waals surface area contributed by atoms with Gasteiger partial charge in [-0.25, -0.2) is 0 Å². The van der Waals surface area contributed by atoms with Gasteiger partial charge in [0, 0.05) is 29.2 Å². The van der Waals surface area contributed by atoms with Crippen molar-refractivity contribution in [3.05, 3.63) is 29.1 Å². The molecule has 1 amide bonds. The number of rotatable bonds is 6. The van der Waals surface area contributed by atoms with Crippen molar-refractivity contribution in [1.29, 1.82) is 0 Å². The summed E-state index contributed by atoms with van der Waals surface area (Å²) in [5.41, 5.74) is 0. The molecular weight excluding hydrogens is 364 g/mol. The van der Waals surface area contributed by atoms with Crippen molar-refractivity contribution in [1.82, 2.24) is 10.6 Å². The van der Waals surface area contributed by atoms with Crippen LogP contribution in [0.2, 0.25) is 0 Å². The third kappa shape index (κ3) is 4.57. The monoisotopic (exact) mass is 386 g/mol. The van der Waals surface area contributed by atoms with Crippen molar-refractivity contribution < 1.29 is 9.53 Å². The molecule has 3 rings (SSSR count). The zero-order chi connectivity index (χ0) is 16.1. The van der Waals surface area contributed by atoms with E-state index in [1.165, 1.54) is 35.7 Å². The highest BCUT2D eigenvalue weighted by atomic mass is 35.5. The molecule has 7 heteroatoms. The van der Waals surface area contributed by atoms with Gasteiger partial charge in [-0.2, -0.15) is 11.8 Å². The van der Waals surface area contributed by atoms with E-state index in [4.69, 9.17) is 4.74 Å². The highest BCUT2D eigenvalue weighted by molar-refractivity contribution is 7.99. The van der Waals surface area contributed by atoms with E-state index in [-0.39, 0.29) is 18.3 Å². The standard InChI is InChI=1S/C17H22N2O2S2.ClH/c1-21-15-13-4-2-3-5-14(13)23-16(15)17(20)19-9-8-18-12-6-10-22-11-7-12;/h2-5,12,18H,6-11H2,1H3,(H,19,20);1H. The number of thioether (sulfide) groups is 1. The van der Waals surface area contributed by atoms with E-state index >= 15 is 0 Å². The van der Waals surface area contributed by atoms with Crippen molar-refractivity contribution in [3.63, 3.8) is 0 Å². The SMILES string of the molecule is COc1c(C(=O)NCCNC2CCSCC2)sc2ccccc12.Cl. The van der Waals surface area contributed by atoms with Crippen LogP contribution < -0.4 is 15.4 Å². The number of nitrogens with one attached hydrogen (secondary N) is 2. The second kappa shape index (κ2) is 9.51. The highest BCUT2D eigenvalue weighted by Crippen LogP contribution is 2.37. The molecule has 0 atom stereocenters. The minimum Gasteiger partial charge on any atom is -0.494 e. The van der Waals surface area contributed by atoms with E-state index in [1.54, 1.807) is 7.11 Å². The molecule has 2 aromatic rings. The van der Waals surface area contributed by atoms with Crippen LogP contribution in [0.1, 0.15) is 22.5 Å². The maximum atomic E-state index is 12.4. The van der Waals surface area contributed by atoms with Gasteiger partial charge < -0.3 is 15.4 Å².